The highest BCUT2D eigenvalue weighted by Gasteiger charge is 2.19. The van der Waals surface area contributed by atoms with Crippen LogP contribution < -0.4 is 5.32 Å². The molecule has 0 amide bonds. The maximum absolute atomic E-state index is 11.1. The van der Waals surface area contributed by atoms with E-state index in [2.05, 4.69) is 10.3 Å². The monoisotopic (exact) mass is 289 g/mol. The first-order valence-corrected chi connectivity index (χ1v) is 6.84. The molecule has 0 bridgehead atoms. The topological polar surface area (TPSA) is 77.3 Å². The lowest BCUT2D eigenvalue weighted by molar-refractivity contribution is -0.383. The van der Waals surface area contributed by atoms with Gasteiger partial charge in [0.15, 0.2) is 0 Å². The Balaban J connectivity index is 2.34. The molecule has 1 aromatic heterocycles. The van der Waals surface area contributed by atoms with Crippen molar-refractivity contribution in [1.82, 2.24) is 4.98 Å². The highest BCUT2D eigenvalue weighted by molar-refractivity contribution is 5.96. The van der Waals surface area contributed by atoms with Crippen LogP contribution in [0.15, 0.2) is 30.5 Å². The molecule has 0 fully saturated rings. The Bertz CT molecular complexity index is 656. The average molecular weight is 289 g/mol. The summed E-state index contributed by atoms with van der Waals surface area (Å²) >= 11 is 0. The van der Waals surface area contributed by atoms with E-state index in [1.54, 1.807) is 18.3 Å². The van der Waals surface area contributed by atoms with Gasteiger partial charge in [-0.3, -0.25) is 10.1 Å². The van der Waals surface area contributed by atoms with Crippen LogP contribution in [0.5, 0.6) is 0 Å². The maximum atomic E-state index is 11.1. The second-order valence-electron chi connectivity index (χ2n) is 5.34. The standard InChI is InChI=1S/C15H19N3O3/c1-4-21-15(2,3)10-17-12-7-8-13(18(19)20)14-11(12)6-5-9-16-14/h5-9,17H,4,10H2,1-3H3. The summed E-state index contributed by atoms with van der Waals surface area (Å²) in [7, 11) is 0. The predicted octanol–water partition coefficient (Wildman–Crippen LogP) is 3.37. The van der Waals surface area contributed by atoms with Crippen LogP contribution >= 0.6 is 0 Å². The van der Waals surface area contributed by atoms with E-state index in [1.165, 1.54) is 6.07 Å². The molecule has 1 N–H and O–H groups in total. The van der Waals surface area contributed by atoms with Gasteiger partial charge in [0.1, 0.15) is 5.52 Å². The normalized spacial score (nSPS) is 11.6. The van der Waals surface area contributed by atoms with E-state index in [0.717, 1.165) is 11.1 Å². The summed E-state index contributed by atoms with van der Waals surface area (Å²) in [6.45, 7) is 7.18. The molecule has 0 saturated carbocycles. The summed E-state index contributed by atoms with van der Waals surface area (Å²) in [6, 6.07) is 6.78. The summed E-state index contributed by atoms with van der Waals surface area (Å²) < 4.78 is 5.64. The molecule has 6 heteroatoms. The van der Waals surface area contributed by atoms with Crippen LogP contribution in [0.25, 0.3) is 10.9 Å². The van der Waals surface area contributed by atoms with E-state index in [4.69, 9.17) is 4.74 Å². The summed E-state index contributed by atoms with van der Waals surface area (Å²) in [5, 5.41) is 15.1. The number of rotatable bonds is 6. The Morgan fingerprint density at radius 3 is 2.81 bits per heavy atom. The molecular weight excluding hydrogens is 270 g/mol. The first kappa shape index (κ1) is 15.2. The number of nitrogens with one attached hydrogen (secondary N) is 1. The number of non-ortho nitro benzene ring substituents is 1. The fourth-order valence-corrected chi connectivity index (χ4v) is 2.21. The Morgan fingerprint density at radius 2 is 2.14 bits per heavy atom. The summed E-state index contributed by atoms with van der Waals surface area (Å²) in [6.07, 6.45) is 1.56. The van der Waals surface area contributed by atoms with Crippen LogP contribution in [0.2, 0.25) is 0 Å². The number of nitro groups is 1. The lowest BCUT2D eigenvalue weighted by Crippen LogP contribution is -2.33. The van der Waals surface area contributed by atoms with Gasteiger partial charge < -0.3 is 10.1 Å². The molecule has 1 heterocycles. The minimum atomic E-state index is -0.413. The number of nitrogens with zero attached hydrogens (tertiary/aromatic N) is 2. The largest absolute Gasteiger partial charge is 0.382 e. The lowest BCUT2D eigenvalue weighted by atomic mass is 10.1. The highest BCUT2D eigenvalue weighted by Crippen LogP contribution is 2.30. The first-order valence-electron chi connectivity index (χ1n) is 6.84. The van der Waals surface area contributed by atoms with Crippen molar-refractivity contribution in [2.45, 2.75) is 26.4 Å². The summed E-state index contributed by atoms with van der Waals surface area (Å²) in [4.78, 5) is 14.8. The summed E-state index contributed by atoms with van der Waals surface area (Å²) in [5.74, 6) is 0. The van der Waals surface area contributed by atoms with E-state index < -0.39 is 4.92 Å². The van der Waals surface area contributed by atoms with Gasteiger partial charge in [0, 0.05) is 36.5 Å². The fourth-order valence-electron chi connectivity index (χ4n) is 2.21. The SMILES string of the molecule is CCOC(C)(C)CNc1ccc([N+](=O)[O-])c2ncccc12. The highest BCUT2D eigenvalue weighted by atomic mass is 16.6. The quantitative estimate of drug-likeness (QED) is 0.651. The zero-order valence-electron chi connectivity index (χ0n) is 12.4. The van der Waals surface area contributed by atoms with Crippen molar-refractivity contribution in [3.8, 4) is 0 Å². The molecule has 112 valence electrons. The van der Waals surface area contributed by atoms with Gasteiger partial charge in [-0.25, -0.2) is 4.98 Å². The Kier molecular flexibility index (Phi) is 4.37. The van der Waals surface area contributed by atoms with E-state index in [-0.39, 0.29) is 11.3 Å². The van der Waals surface area contributed by atoms with Crippen LogP contribution in [-0.2, 0) is 4.74 Å². The summed E-state index contributed by atoms with van der Waals surface area (Å²) in [5.41, 5.74) is 0.906. The fraction of sp³-hybridized carbons (Fsp3) is 0.400. The molecule has 1 aromatic carbocycles. The number of ether oxygens (including phenoxy) is 1. The van der Waals surface area contributed by atoms with Crippen LogP contribution in [0.3, 0.4) is 0 Å². The van der Waals surface area contributed by atoms with Crippen LogP contribution in [0.1, 0.15) is 20.8 Å². The average Bonchev–Trinajstić information content (AvgIpc) is 2.44. The van der Waals surface area contributed by atoms with Crippen molar-refractivity contribution >= 4 is 22.3 Å². The third kappa shape index (κ3) is 3.46. The van der Waals surface area contributed by atoms with Crippen molar-refractivity contribution in [3.63, 3.8) is 0 Å². The van der Waals surface area contributed by atoms with Gasteiger partial charge in [-0.15, -0.1) is 0 Å². The van der Waals surface area contributed by atoms with E-state index in [1.807, 2.05) is 26.8 Å². The van der Waals surface area contributed by atoms with Crippen molar-refractivity contribution < 1.29 is 9.66 Å². The molecule has 21 heavy (non-hydrogen) atoms. The molecule has 0 aliphatic heterocycles. The van der Waals surface area contributed by atoms with Crippen molar-refractivity contribution in [2.24, 2.45) is 0 Å². The number of anilines is 1. The van der Waals surface area contributed by atoms with Gasteiger partial charge >= 0.3 is 0 Å². The molecule has 0 aliphatic carbocycles. The molecule has 0 atom stereocenters. The van der Waals surface area contributed by atoms with Crippen LogP contribution in [-0.4, -0.2) is 28.7 Å². The van der Waals surface area contributed by atoms with Crippen LogP contribution in [0, 0.1) is 10.1 Å². The van der Waals surface area contributed by atoms with E-state index in [9.17, 15) is 10.1 Å². The Morgan fingerprint density at radius 1 is 1.38 bits per heavy atom. The minimum Gasteiger partial charge on any atom is -0.382 e. The van der Waals surface area contributed by atoms with Gasteiger partial charge in [0.2, 0.25) is 0 Å². The number of hydrogen-bond acceptors (Lipinski definition) is 5. The second kappa shape index (κ2) is 6.05. The smallest absolute Gasteiger partial charge is 0.295 e. The molecule has 2 aromatic rings. The molecule has 0 aliphatic rings. The number of nitro benzene ring substituents is 1. The molecule has 2 rings (SSSR count). The minimum absolute atomic E-state index is 0.0141. The third-order valence-electron chi connectivity index (χ3n) is 3.18. The number of hydrogen-bond donors (Lipinski definition) is 1. The van der Waals surface area contributed by atoms with Gasteiger partial charge in [-0.1, -0.05) is 0 Å². The molecule has 0 saturated heterocycles. The number of fused-ring (bicyclic) bond motifs is 1. The molecule has 6 nitrogen and oxygen atoms in total. The third-order valence-corrected chi connectivity index (χ3v) is 3.18. The van der Waals surface area contributed by atoms with Crippen molar-refractivity contribution in [2.75, 3.05) is 18.5 Å². The van der Waals surface area contributed by atoms with E-state index >= 15 is 0 Å². The number of aromatic nitrogens is 1. The molecular formula is C15H19N3O3. The van der Waals surface area contributed by atoms with Gasteiger partial charge in [-0.05, 0) is 39.0 Å². The van der Waals surface area contributed by atoms with Crippen LogP contribution in [0.4, 0.5) is 11.4 Å². The lowest BCUT2D eigenvalue weighted by Gasteiger charge is -2.25. The van der Waals surface area contributed by atoms with Gasteiger partial charge in [0.05, 0.1) is 10.5 Å². The zero-order chi connectivity index (χ0) is 15.5. The maximum Gasteiger partial charge on any atom is 0.295 e. The van der Waals surface area contributed by atoms with Gasteiger partial charge in [-0.2, -0.15) is 0 Å². The van der Waals surface area contributed by atoms with E-state index in [0.29, 0.717) is 18.7 Å². The molecule has 0 spiro atoms. The Hall–Kier alpha value is -2.21. The van der Waals surface area contributed by atoms with Crippen molar-refractivity contribution in [3.05, 3.63) is 40.6 Å². The Labute approximate surface area is 123 Å². The predicted molar refractivity (Wildman–Crippen MR) is 82.6 cm³/mol. The van der Waals surface area contributed by atoms with Crippen molar-refractivity contribution in [1.29, 1.82) is 0 Å². The first-order chi connectivity index (χ1) is 9.94. The van der Waals surface area contributed by atoms with Gasteiger partial charge in [0.25, 0.3) is 5.69 Å². The molecule has 0 unspecified atom stereocenters. The zero-order valence-corrected chi connectivity index (χ0v) is 12.4. The number of pyridine rings is 1. The second-order valence-corrected chi connectivity index (χ2v) is 5.34. The number of benzene rings is 1. The molecule has 0 radical (unpaired) electrons.